The number of hydrogen-bond acceptors (Lipinski definition) is 3. The summed E-state index contributed by atoms with van der Waals surface area (Å²) in [5.74, 6) is 4.84. The highest BCUT2D eigenvalue weighted by Crippen LogP contribution is 2.57. The van der Waals surface area contributed by atoms with Crippen LogP contribution in [0.5, 0.6) is 0 Å². The van der Waals surface area contributed by atoms with Crippen LogP contribution in [0.25, 0.3) is 0 Å². The van der Waals surface area contributed by atoms with Crippen LogP contribution in [0.3, 0.4) is 0 Å². The van der Waals surface area contributed by atoms with Crippen molar-refractivity contribution in [1.29, 1.82) is 5.26 Å². The molecule has 3 nitrogen and oxygen atoms in total. The third-order valence-corrected chi connectivity index (χ3v) is 5.79. The zero-order chi connectivity index (χ0) is 13.5. The maximum absolute atomic E-state index is 9.63. The quantitative estimate of drug-likeness (QED) is 0.912. The summed E-state index contributed by atoms with van der Waals surface area (Å²) in [5.41, 5.74) is 0. The van der Waals surface area contributed by atoms with Crippen molar-refractivity contribution in [2.45, 2.75) is 38.1 Å². The molecule has 0 spiro atoms. The summed E-state index contributed by atoms with van der Waals surface area (Å²) >= 11 is 0. The van der Waals surface area contributed by atoms with E-state index < -0.39 is 0 Å². The van der Waals surface area contributed by atoms with Crippen molar-refractivity contribution in [3.63, 3.8) is 0 Å². The van der Waals surface area contributed by atoms with E-state index in [1.54, 1.807) is 6.20 Å². The zero-order valence-corrected chi connectivity index (χ0v) is 11.7. The molecule has 0 radical (unpaired) electrons. The van der Waals surface area contributed by atoms with E-state index in [1.165, 1.54) is 32.1 Å². The molecule has 4 aliphatic rings. The third kappa shape index (κ3) is 1.98. The monoisotopic (exact) mass is 267 g/mol. The van der Waals surface area contributed by atoms with Gasteiger partial charge in [-0.25, -0.2) is 4.98 Å². The maximum Gasteiger partial charge on any atom is 0.126 e. The number of nitrogens with zero attached hydrogens (tertiary/aromatic N) is 2. The van der Waals surface area contributed by atoms with Gasteiger partial charge in [-0.3, -0.25) is 0 Å². The Hall–Kier alpha value is -1.56. The van der Waals surface area contributed by atoms with Gasteiger partial charge in [0.05, 0.1) is 6.07 Å². The first kappa shape index (κ1) is 12.2. The van der Waals surface area contributed by atoms with Crippen LogP contribution < -0.4 is 5.32 Å². The van der Waals surface area contributed by atoms with Gasteiger partial charge in [-0.05, 0) is 73.8 Å². The lowest BCUT2D eigenvalue weighted by Gasteiger charge is -2.55. The van der Waals surface area contributed by atoms with Crippen LogP contribution in [-0.4, -0.2) is 11.0 Å². The molecule has 3 heteroatoms. The second-order valence-electron chi connectivity index (χ2n) is 6.97. The van der Waals surface area contributed by atoms with Crippen LogP contribution in [0.4, 0.5) is 5.82 Å². The molecule has 0 aromatic carbocycles. The summed E-state index contributed by atoms with van der Waals surface area (Å²) in [5, 5.41) is 13.0. The van der Waals surface area contributed by atoms with Gasteiger partial charge < -0.3 is 5.32 Å². The molecule has 0 aliphatic heterocycles. The fourth-order valence-corrected chi connectivity index (χ4v) is 5.33. The molecule has 4 saturated carbocycles. The molecule has 104 valence electrons. The Bertz CT molecular complexity index is 491. The molecule has 1 heterocycles. The highest BCUT2D eigenvalue weighted by atomic mass is 15.0. The minimum absolute atomic E-state index is 0.0695. The van der Waals surface area contributed by atoms with Crippen molar-refractivity contribution in [2.24, 2.45) is 29.6 Å². The number of nitriles is 1. The molecule has 1 unspecified atom stereocenters. The van der Waals surface area contributed by atoms with E-state index in [0.717, 1.165) is 29.5 Å². The Morgan fingerprint density at radius 3 is 2.35 bits per heavy atom. The minimum Gasteiger partial charge on any atom is -0.354 e. The van der Waals surface area contributed by atoms with Gasteiger partial charge in [-0.1, -0.05) is 6.07 Å². The summed E-state index contributed by atoms with van der Waals surface area (Å²) in [7, 11) is 0. The highest BCUT2D eigenvalue weighted by Gasteiger charge is 2.50. The Balaban J connectivity index is 1.55. The van der Waals surface area contributed by atoms with E-state index >= 15 is 0 Å². The Morgan fingerprint density at radius 2 is 1.80 bits per heavy atom. The van der Waals surface area contributed by atoms with Gasteiger partial charge in [0.1, 0.15) is 11.9 Å². The molecule has 4 bridgehead atoms. The van der Waals surface area contributed by atoms with E-state index in [1.807, 2.05) is 18.2 Å². The molecular formula is C17H21N3. The molecule has 5 rings (SSSR count). The van der Waals surface area contributed by atoms with Gasteiger partial charge in [0.15, 0.2) is 0 Å². The molecule has 1 atom stereocenters. The lowest BCUT2D eigenvalue weighted by atomic mass is 9.50. The summed E-state index contributed by atoms with van der Waals surface area (Å²) in [6.45, 7) is 0. The van der Waals surface area contributed by atoms with Crippen LogP contribution >= 0.6 is 0 Å². The van der Waals surface area contributed by atoms with E-state index in [4.69, 9.17) is 0 Å². The summed E-state index contributed by atoms with van der Waals surface area (Å²) in [4.78, 5) is 4.32. The van der Waals surface area contributed by atoms with Crippen molar-refractivity contribution in [3.05, 3.63) is 24.4 Å². The summed E-state index contributed by atoms with van der Waals surface area (Å²) < 4.78 is 0. The highest BCUT2D eigenvalue weighted by molar-refractivity contribution is 5.37. The lowest BCUT2D eigenvalue weighted by molar-refractivity contribution is -0.0378. The maximum atomic E-state index is 9.63. The molecule has 4 fully saturated rings. The average Bonchev–Trinajstić information content (AvgIpc) is 2.46. The molecule has 0 amide bonds. The molecule has 20 heavy (non-hydrogen) atoms. The summed E-state index contributed by atoms with van der Waals surface area (Å²) in [6.07, 6.45) is 8.69. The van der Waals surface area contributed by atoms with Crippen LogP contribution in [0.15, 0.2) is 24.4 Å². The van der Waals surface area contributed by atoms with Crippen molar-refractivity contribution in [1.82, 2.24) is 4.98 Å². The fraction of sp³-hybridized carbons (Fsp3) is 0.647. The molecule has 1 N–H and O–H groups in total. The van der Waals surface area contributed by atoms with E-state index in [9.17, 15) is 5.26 Å². The van der Waals surface area contributed by atoms with Gasteiger partial charge in [0.2, 0.25) is 0 Å². The Labute approximate surface area is 120 Å². The zero-order valence-electron chi connectivity index (χ0n) is 11.7. The SMILES string of the molecule is N#CC(Nc1ccccn1)C1C2CC3CC(C2)CC1C3. The van der Waals surface area contributed by atoms with Crippen molar-refractivity contribution in [3.8, 4) is 6.07 Å². The van der Waals surface area contributed by atoms with Gasteiger partial charge in [-0.2, -0.15) is 5.26 Å². The number of hydrogen-bond donors (Lipinski definition) is 1. The van der Waals surface area contributed by atoms with Crippen molar-refractivity contribution in [2.75, 3.05) is 5.32 Å². The van der Waals surface area contributed by atoms with E-state index in [2.05, 4.69) is 16.4 Å². The second kappa shape index (κ2) is 4.77. The molecular weight excluding hydrogens is 246 g/mol. The average molecular weight is 267 g/mol. The lowest BCUT2D eigenvalue weighted by Crippen LogP contribution is -2.50. The smallest absolute Gasteiger partial charge is 0.126 e. The van der Waals surface area contributed by atoms with Crippen LogP contribution in [0.2, 0.25) is 0 Å². The van der Waals surface area contributed by atoms with Crippen LogP contribution in [0, 0.1) is 40.9 Å². The fourth-order valence-electron chi connectivity index (χ4n) is 5.33. The topological polar surface area (TPSA) is 48.7 Å². The number of anilines is 1. The van der Waals surface area contributed by atoms with Crippen molar-refractivity contribution >= 4 is 5.82 Å². The van der Waals surface area contributed by atoms with E-state index in [0.29, 0.717) is 5.92 Å². The normalized spacial score (nSPS) is 39.2. The van der Waals surface area contributed by atoms with Crippen LogP contribution in [-0.2, 0) is 0 Å². The molecule has 1 aromatic heterocycles. The number of nitrogens with one attached hydrogen (secondary N) is 1. The Morgan fingerprint density at radius 1 is 1.10 bits per heavy atom. The van der Waals surface area contributed by atoms with Gasteiger partial charge in [-0.15, -0.1) is 0 Å². The predicted octanol–water partition coefficient (Wildman–Crippen LogP) is 3.46. The van der Waals surface area contributed by atoms with E-state index in [-0.39, 0.29) is 6.04 Å². The molecule has 0 saturated heterocycles. The number of aromatic nitrogens is 1. The number of pyridine rings is 1. The van der Waals surface area contributed by atoms with Crippen LogP contribution in [0.1, 0.15) is 32.1 Å². The number of rotatable bonds is 3. The van der Waals surface area contributed by atoms with Gasteiger partial charge in [0.25, 0.3) is 0 Å². The molecule has 4 aliphatic carbocycles. The third-order valence-electron chi connectivity index (χ3n) is 5.79. The predicted molar refractivity (Wildman–Crippen MR) is 77.8 cm³/mol. The first-order valence-electron chi connectivity index (χ1n) is 7.90. The van der Waals surface area contributed by atoms with Crippen molar-refractivity contribution < 1.29 is 0 Å². The molecule has 1 aromatic rings. The first-order chi connectivity index (χ1) is 9.83. The summed E-state index contributed by atoms with van der Waals surface area (Å²) in [6, 6.07) is 8.30. The largest absolute Gasteiger partial charge is 0.354 e. The van der Waals surface area contributed by atoms with Gasteiger partial charge in [0, 0.05) is 6.20 Å². The minimum atomic E-state index is -0.0695. The Kier molecular flexibility index (Phi) is 2.91. The second-order valence-corrected chi connectivity index (χ2v) is 6.97. The first-order valence-corrected chi connectivity index (χ1v) is 7.90. The van der Waals surface area contributed by atoms with Gasteiger partial charge >= 0.3 is 0 Å². The standard InChI is InChI=1S/C17H21N3/c18-10-15(20-16-3-1-2-4-19-16)17-13-6-11-5-12(8-13)9-14(17)7-11/h1-4,11-15,17H,5-9H2,(H,19,20).